The number of anilines is 1. The quantitative estimate of drug-likeness (QED) is 0.870. The molecule has 1 amide bonds. The molecular weight excluding hydrogens is 268 g/mol. The van der Waals surface area contributed by atoms with Gasteiger partial charge in [-0.05, 0) is 30.7 Å². The number of benzene rings is 1. The lowest BCUT2D eigenvalue weighted by Crippen LogP contribution is -2.14. The predicted octanol–water partition coefficient (Wildman–Crippen LogP) is 2.28. The molecular formula is C11H12N4OS2. The van der Waals surface area contributed by atoms with E-state index >= 15 is 0 Å². The van der Waals surface area contributed by atoms with Crippen molar-refractivity contribution in [3.63, 3.8) is 0 Å². The topological polar surface area (TPSA) is 67.8 Å². The second-order valence-corrected chi connectivity index (χ2v) is 5.74. The fourth-order valence-corrected chi connectivity index (χ4v) is 2.57. The van der Waals surface area contributed by atoms with Crippen LogP contribution in [0, 0.1) is 13.8 Å². The second-order valence-electron chi connectivity index (χ2n) is 3.78. The number of aryl methyl sites for hydroxylation is 2. The Kier molecular flexibility index (Phi) is 4.27. The molecule has 0 bridgehead atoms. The molecule has 1 aromatic heterocycles. The van der Waals surface area contributed by atoms with Crippen molar-refractivity contribution >= 4 is 34.9 Å². The highest BCUT2D eigenvalue weighted by atomic mass is 32.2. The molecule has 0 aliphatic heterocycles. The number of carbonyl (C=O) groups is 1. The number of thioether (sulfide) groups is 1. The lowest BCUT2D eigenvalue weighted by molar-refractivity contribution is -0.113. The van der Waals surface area contributed by atoms with E-state index in [1.54, 1.807) is 0 Å². The Labute approximate surface area is 113 Å². The molecule has 1 heterocycles. The molecule has 0 spiro atoms. The van der Waals surface area contributed by atoms with Gasteiger partial charge in [0, 0.05) is 17.2 Å². The summed E-state index contributed by atoms with van der Waals surface area (Å²) in [5, 5.41) is 10.1. The van der Waals surface area contributed by atoms with Crippen LogP contribution in [-0.4, -0.2) is 26.5 Å². The van der Waals surface area contributed by atoms with Gasteiger partial charge in [-0.2, -0.15) is 0 Å². The van der Waals surface area contributed by atoms with Crippen molar-refractivity contribution in [2.45, 2.75) is 18.2 Å². The number of rotatable bonds is 4. The Morgan fingerprint density at radius 1 is 1.44 bits per heavy atom. The molecule has 2 aromatic rings. The second kappa shape index (κ2) is 5.92. The van der Waals surface area contributed by atoms with Crippen molar-refractivity contribution in [3.8, 4) is 0 Å². The zero-order chi connectivity index (χ0) is 13.0. The Morgan fingerprint density at radius 3 is 2.94 bits per heavy atom. The lowest BCUT2D eigenvalue weighted by atomic mass is 10.1. The smallest absolute Gasteiger partial charge is 0.234 e. The summed E-state index contributed by atoms with van der Waals surface area (Å²) in [7, 11) is 0. The van der Waals surface area contributed by atoms with E-state index in [4.69, 9.17) is 0 Å². The molecule has 94 valence electrons. The van der Waals surface area contributed by atoms with Gasteiger partial charge in [-0.1, -0.05) is 33.9 Å². The van der Waals surface area contributed by atoms with E-state index in [0.29, 0.717) is 10.1 Å². The number of amides is 1. The van der Waals surface area contributed by atoms with Crippen LogP contribution >= 0.6 is 23.3 Å². The third kappa shape index (κ3) is 3.51. The van der Waals surface area contributed by atoms with Crippen molar-refractivity contribution in [2.75, 3.05) is 11.1 Å². The number of nitrogens with one attached hydrogen (secondary N) is 1. The van der Waals surface area contributed by atoms with Crippen molar-refractivity contribution in [1.82, 2.24) is 14.8 Å². The van der Waals surface area contributed by atoms with Crippen LogP contribution in [0.1, 0.15) is 11.1 Å². The van der Waals surface area contributed by atoms with Gasteiger partial charge < -0.3 is 5.32 Å². The van der Waals surface area contributed by atoms with E-state index in [9.17, 15) is 4.79 Å². The first-order valence-corrected chi connectivity index (χ1v) is 7.06. The minimum absolute atomic E-state index is 0.0536. The molecule has 5 nitrogen and oxygen atoms in total. The van der Waals surface area contributed by atoms with Gasteiger partial charge in [-0.3, -0.25) is 4.79 Å². The number of hydrogen-bond donors (Lipinski definition) is 1. The van der Waals surface area contributed by atoms with Gasteiger partial charge in [-0.25, -0.2) is 0 Å². The standard InChI is InChI=1S/C11H12N4OS2/c1-7-3-4-9(8(2)5-7)12-10(16)6-17-11-13-14-15-18-11/h3-5H,6H2,1-2H3,(H,12,16). The summed E-state index contributed by atoms with van der Waals surface area (Å²) in [4.78, 5) is 11.7. The molecule has 7 heteroatoms. The zero-order valence-electron chi connectivity index (χ0n) is 10.0. The van der Waals surface area contributed by atoms with Crippen LogP contribution in [0.3, 0.4) is 0 Å². The maximum absolute atomic E-state index is 11.7. The normalized spacial score (nSPS) is 10.3. The summed E-state index contributed by atoms with van der Waals surface area (Å²) in [6, 6.07) is 5.93. The average Bonchev–Trinajstić information content (AvgIpc) is 2.83. The largest absolute Gasteiger partial charge is 0.325 e. The molecule has 1 N–H and O–H groups in total. The van der Waals surface area contributed by atoms with E-state index in [2.05, 4.69) is 20.1 Å². The average molecular weight is 280 g/mol. The van der Waals surface area contributed by atoms with E-state index in [0.717, 1.165) is 11.3 Å². The van der Waals surface area contributed by atoms with Gasteiger partial charge in [0.25, 0.3) is 0 Å². The minimum atomic E-state index is -0.0536. The molecule has 0 unspecified atom stereocenters. The fraction of sp³-hybridized carbons (Fsp3) is 0.273. The summed E-state index contributed by atoms with van der Waals surface area (Å²) in [6.07, 6.45) is 0. The highest BCUT2D eigenvalue weighted by Gasteiger charge is 2.07. The van der Waals surface area contributed by atoms with Gasteiger partial charge in [0.1, 0.15) is 0 Å². The van der Waals surface area contributed by atoms with Crippen LogP contribution in [0.25, 0.3) is 0 Å². The van der Waals surface area contributed by atoms with E-state index < -0.39 is 0 Å². The first kappa shape index (κ1) is 13.0. The SMILES string of the molecule is Cc1ccc(NC(=O)CSc2nnns2)c(C)c1. The summed E-state index contributed by atoms with van der Waals surface area (Å²) in [6.45, 7) is 4.00. The van der Waals surface area contributed by atoms with Gasteiger partial charge in [0.05, 0.1) is 5.75 Å². The highest BCUT2D eigenvalue weighted by molar-refractivity contribution is 8.01. The predicted molar refractivity (Wildman–Crippen MR) is 73.0 cm³/mol. The lowest BCUT2D eigenvalue weighted by Gasteiger charge is -2.08. The highest BCUT2D eigenvalue weighted by Crippen LogP contribution is 2.19. The molecule has 0 saturated carbocycles. The van der Waals surface area contributed by atoms with Crippen LogP contribution in [0.4, 0.5) is 5.69 Å². The third-order valence-corrected chi connectivity index (χ3v) is 3.97. The van der Waals surface area contributed by atoms with E-state index in [1.807, 2.05) is 32.0 Å². The van der Waals surface area contributed by atoms with Crippen LogP contribution in [0.5, 0.6) is 0 Å². The van der Waals surface area contributed by atoms with Crippen molar-refractivity contribution < 1.29 is 4.79 Å². The number of hydrogen-bond acceptors (Lipinski definition) is 6. The number of carbonyl (C=O) groups excluding carboxylic acids is 1. The maximum atomic E-state index is 11.7. The van der Waals surface area contributed by atoms with E-state index in [1.165, 1.54) is 28.9 Å². The zero-order valence-corrected chi connectivity index (χ0v) is 11.6. The Morgan fingerprint density at radius 2 is 2.28 bits per heavy atom. The third-order valence-electron chi connectivity index (χ3n) is 2.26. The maximum Gasteiger partial charge on any atom is 0.234 e. The van der Waals surface area contributed by atoms with Crippen molar-refractivity contribution in [1.29, 1.82) is 0 Å². The fourth-order valence-electron chi connectivity index (χ4n) is 1.45. The van der Waals surface area contributed by atoms with Crippen LogP contribution < -0.4 is 5.32 Å². The van der Waals surface area contributed by atoms with Gasteiger partial charge >= 0.3 is 0 Å². The van der Waals surface area contributed by atoms with Crippen LogP contribution in [0.2, 0.25) is 0 Å². The summed E-state index contributed by atoms with van der Waals surface area (Å²) in [5.41, 5.74) is 3.09. The molecule has 1 aromatic carbocycles. The van der Waals surface area contributed by atoms with Crippen molar-refractivity contribution in [3.05, 3.63) is 29.3 Å². The molecule has 0 saturated heterocycles. The molecule has 18 heavy (non-hydrogen) atoms. The first-order chi connectivity index (χ1) is 8.65. The summed E-state index contributed by atoms with van der Waals surface area (Å²) in [5.74, 6) is 0.256. The van der Waals surface area contributed by atoms with E-state index in [-0.39, 0.29) is 5.91 Å². The molecule has 0 aliphatic rings. The number of nitrogens with zero attached hydrogens (tertiary/aromatic N) is 3. The van der Waals surface area contributed by atoms with Crippen LogP contribution in [-0.2, 0) is 4.79 Å². The van der Waals surface area contributed by atoms with Gasteiger partial charge in [0.15, 0.2) is 4.34 Å². The van der Waals surface area contributed by atoms with Gasteiger partial charge in [-0.15, -0.1) is 5.10 Å². The molecule has 0 aliphatic carbocycles. The number of aromatic nitrogens is 3. The molecule has 0 fully saturated rings. The Hall–Kier alpha value is -1.47. The summed E-state index contributed by atoms with van der Waals surface area (Å²) < 4.78 is 4.34. The Bertz CT molecular complexity index is 542. The minimum Gasteiger partial charge on any atom is -0.325 e. The van der Waals surface area contributed by atoms with Crippen molar-refractivity contribution in [2.24, 2.45) is 0 Å². The first-order valence-electron chi connectivity index (χ1n) is 5.30. The van der Waals surface area contributed by atoms with Gasteiger partial charge in [0.2, 0.25) is 5.91 Å². The molecule has 2 rings (SSSR count). The molecule has 0 atom stereocenters. The monoisotopic (exact) mass is 280 g/mol. The van der Waals surface area contributed by atoms with Crippen LogP contribution in [0.15, 0.2) is 22.5 Å². The summed E-state index contributed by atoms with van der Waals surface area (Å²) >= 11 is 2.52. The molecule has 0 radical (unpaired) electrons. The Balaban J connectivity index is 1.91.